The normalized spacial score (nSPS) is 27.9. The van der Waals surface area contributed by atoms with Gasteiger partial charge in [-0.2, -0.15) is 13.2 Å². The maximum absolute atomic E-state index is 14.0. The number of rotatable bonds is 6. The molecule has 0 saturated heterocycles. The lowest BCUT2D eigenvalue weighted by molar-refractivity contribution is -0.177. The van der Waals surface area contributed by atoms with Gasteiger partial charge in [0.25, 0.3) is 5.91 Å². The van der Waals surface area contributed by atoms with Gasteiger partial charge in [0.1, 0.15) is 22.8 Å². The van der Waals surface area contributed by atoms with Crippen LogP contribution in [0.15, 0.2) is 59.1 Å². The van der Waals surface area contributed by atoms with Crippen LogP contribution >= 0.6 is 0 Å². The van der Waals surface area contributed by atoms with Crippen molar-refractivity contribution in [2.75, 3.05) is 19.4 Å². The van der Waals surface area contributed by atoms with E-state index in [0.29, 0.717) is 23.1 Å². The molecule has 0 aromatic heterocycles. The van der Waals surface area contributed by atoms with Gasteiger partial charge in [-0.05, 0) is 80.6 Å². The molecule has 4 aliphatic rings. The number of nitrogens with two attached hydrogens (primary N) is 1. The Hall–Kier alpha value is -5.02. The second-order valence-corrected chi connectivity index (χ2v) is 13.5. The molecule has 1 saturated carbocycles. The minimum absolute atomic E-state index is 0.0336. The van der Waals surface area contributed by atoms with Crippen molar-refractivity contribution in [3.05, 3.63) is 70.2 Å². The number of aliphatic hydroxyl groups excluding tert-OH is 2. The monoisotopic (exact) mass is 697 g/mol. The topological polar surface area (TPSA) is 208 Å². The quantitative estimate of drug-likeness (QED) is 0.243. The highest BCUT2D eigenvalue weighted by molar-refractivity contribution is 6.25. The number of allylic oxidation sites excluding steroid dienone is 1. The Morgan fingerprint density at radius 3 is 2.22 bits per heavy atom. The number of halogens is 3. The third-order valence-corrected chi connectivity index (χ3v) is 10.5. The first kappa shape index (κ1) is 34.8. The Bertz CT molecular complexity index is 1920. The third-order valence-electron chi connectivity index (χ3n) is 10.5. The minimum Gasteiger partial charge on any atom is -0.510 e. The van der Waals surface area contributed by atoms with Crippen LogP contribution in [-0.4, -0.2) is 86.4 Å². The molecule has 2 aromatic rings. The van der Waals surface area contributed by atoms with E-state index in [-0.39, 0.29) is 42.5 Å². The highest BCUT2D eigenvalue weighted by Gasteiger charge is 2.63. The molecule has 0 radical (unpaired) electrons. The molecule has 7 N–H and O–H groups in total. The van der Waals surface area contributed by atoms with Gasteiger partial charge in [-0.15, -0.1) is 0 Å². The Labute approximate surface area is 283 Å². The van der Waals surface area contributed by atoms with Crippen LogP contribution in [0.25, 0.3) is 11.1 Å². The summed E-state index contributed by atoms with van der Waals surface area (Å²) in [6, 6.07) is 7.89. The SMILES string of the molecule is CN(C)C1C(O)=C(C(N)=O)C(=O)C2(O)C(O)=C3C(=O)c4c(O)ccc(-c5ccc(NC(=O)C6CCCC6C(=O)C(F)(F)F)cc5)c4CC3CC12. The van der Waals surface area contributed by atoms with Crippen molar-refractivity contribution in [2.24, 2.45) is 29.4 Å². The maximum atomic E-state index is 14.0. The number of Topliss-reactive ketones (excluding diaryl/α,β-unsaturated/α-hetero) is 3. The predicted octanol–water partition coefficient (Wildman–Crippen LogP) is 3.27. The number of amides is 2. The molecular weight excluding hydrogens is 663 g/mol. The number of nitrogens with zero attached hydrogens (tertiary/aromatic N) is 1. The van der Waals surface area contributed by atoms with E-state index in [9.17, 15) is 57.6 Å². The largest absolute Gasteiger partial charge is 0.510 e. The number of primary amides is 1. The smallest absolute Gasteiger partial charge is 0.450 e. The zero-order chi connectivity index (χ0) is 36.6. The van der Waals surface area contributed by atoms with E-state index in [1.54, 1.807) is 18.2 Å². The third kappa shape index (κ3) is 5.26. The van der Waals surface area contributed by atoms with Crippen molar-refractivity contribution in [3.8, 4) is 16.9 Å². The number of hydrogen-bond donors (Lipinski definition) is 6. The molecule has 0 spiro atoms. The van der Waals surface area contributed by atoms with E-state index < -0.39 is 93.5 Å². The lowest BCUT2D eigenvalue weighted by Crippen LogP contribution is -2.63. The van der Waals surface area contributed by atoms with Crippen molar-refractivity contribution >= 4 is 34.9 Å². The van der Waals surface area contributed by atoms with Crippen LogP contribution in [0.1, 0.15) is 41.6 Å². The van der Waals surface area contributed by atoms with E-state index in [0.717, 1.165) is 0 Å². The molecule has 2 amide bonds. The molecule has 15 heteroatoms. The van der Waals surface area contributed by atoms with Crippen molar-refractivity contribution in [1.82, 2.24) is 4.90 Å². The summed E-state index contributed by atoms with van der Waals surface area (Å²) in [4.78, 5) is 65.9. The fraction of sp³-hybridized carbons (Fsp3) is 0.400. The number of benzene rings is 2. The number of phenols is 1. The summed E-state index contributed by atoms with van der Waals surface area (Å²) in [5.74, 6) is -12.8. The summed E-state index contributed by atoms with van der Waals surface area (Å²) in [7, 11) is 3.06. The summed E-state index contributed by atoms with van der Waals surface area (Å²) in [5, 5.41) is 47.6. The van der Waals surface area contributed by atoms with E-state index in [2.05, 4.69) is 5.32 Å². The molecule has 6 atom stereocenters. The molecule has 0 bridgehead atoms. The summed E-state index contributed by atoms with van der Waals surface area (Å²) in [6.07, 6.45) is -4.67. The summed E-state index contributed by atoms with van der Waals surface area (Å²) >= 11 is 0. The predicted molar refractivity (Wildman–Crippen MR) is 170 cm³/mol. The van der Waals surface area contributed by atoms with Crippen molar-refractivity contribution in [3.63, 3.8) is 0 Å². The van der Waals surface area contributed by atoms with E-state index in [1.807, 2.05) is 0 Å². The van der Waals surface area contributed by atoms with Crippen LogP contribution in [0.5, 0.6) is 5.75 Å². The average molecular weight is 698 g/mol. The molecule has 4 aliphatic carbocycles. The number of aliphatic hydroxyl groups is 3. The summed E-state index contributed by atoms with van der Waals surface area (Å²) in [6.45, 7) is 0. The maximum Gasteiger partial charge on any atom is 0.450 e. The summed E-state index contributed by atoms with van der Waals surface area (Å²) in [5.41, 5.74) is 2.90. The number of phenolic OH excluding ortho intramolecular Hbond substituents is 1. The molecule has 264 valence electrons. The van der Waals surface area contributed by atoms with Crippen LogP contribution in [0, 0.1) is 23.7 Å². The Kier molecular flexibility index (Phi) is 8.42. The van der Waals surface area contributed by atoms with Crippen molar-refractivity contribution in [2.45, 2.75) is 49.9 Å². The first-order valence-electron chi connectivity index (χ1n) is 15.9. The molecule has 6 rings (SSSR count). The average Bonchev–Trinajstić information content (AvgIpc) is 3.52. The second-order valence-electron chi connectivity index (χ2n) is 13.5. The van der Waals surface area contributed by atoms with Gasteiger partial charge in [0.15, 0.2) is 11.4 Å². The van der Waals surface area contributed by atoms with Gasteiger partial charge in [0.05, 0.1) is 11.6 Å². The van der Waals surface area contributed by atoms with Gasteiger partial charge in [0, 0.05) is 29.0 Å². The van der Waals surface area contributed by atoms with E-state index in [1.165, 1.54) is 37.2 Å². The number of fused-ring (bicyclic) bond motifs is 3. The number of nitrogens with one attached hydrogen (secondary N) is 1. The van der Waals surface area contributed by atoms with Gasteiger partial charge in [-0.25, -0.2) is 0 Å². The Balaban J connectivity index is 1.33. The number of carbonyl (C=O) groups excluding carboxylic acids is 5. The molecule has 2 aromatic carbocycles. The lowest BCUT2D eigenvalue weighted by Gasteiger charge is -2.50. The highest BCUT2D eigenvalue weighted by atomic mass is 19.4. The highest BCUT2D eigenvalue weighted by Crippen LogP contribution is 2.53. The molecular formula is C35H34F3N3O9. The van der Waals surface area contributed by atoms with Crippen LogP contribution in [-0.2, 0) is 25.6 Å². The molecule has 12 nitrogen and oxygen atoms in total. The number of alkyl halides is 3. The fourth-order valence-corrected chi connectivity index (χ4v) is 8.29. The molecule has 0 heterocycles. The zero-order valence-corrected chi connectivity index (χ0v) is 26.9. The lowest BCUT2D eigenvalue weighted by atomic mass is 9.58. The number of anilines is 1. The first-order chi connectivity index (χ1) is 23.4. The molecule has 6 unspecified atom stereocenters. The number of carbonyl (C=O) groups is 5. The van der Waals surface area contributed by atoms with E-state index in [4.69, 9.17) is 5.73 Å². The van der Waals surface area contributed by atoms with Crippen LogP contribution < -0.4 is 11.1 Å². The molecule has 50 heavy (non-hydrogen) atoms. The summed E-state index contributed by atoms with van der Waals surface area (Å²) < 4.78 is 39.2. The van der Waals surface area contributed by atoms with Gasteiger partial charge in [0.2, 0.25) is 17.5 Å². The standard InChI is InChI=1S/C35H34F3N3O9/c1-41(2)26-21-13-15-12-20-17(14-6-8-16(9-7-14)40-33(49)19-5-3-4-18(19)29(45)35(36,37)38)10-11-22(42)24(20)27(43)23(15)30(46)34(21,50)31(47)25(28(26)44)32(39)48/h6-11,15,18-19,21,26,42,44,46,50H,3-5,12-13H2,1-2H3,(H2,39,48)(H,40,49). The second kappa shape index (κ2) is 12.1. The van der Waals surface area contributed by atoms with Gasteiger partial charge >= 0.3 is 6.18 Å². The van der Waals surface area contributed by atoms with Crippen LogP contribution in [0.2, 0.25) is 0 Å². The van der Waals surface area contributed by atoms with Gasteiger partial charge in [-0.3, -0.25) is 28.9 Å². The van der Waals surface area contributed by atoms with Crippen LogP contribution in [0.4, 0.5) is 18.9 Å². The van der Waals surface area contributed by atoms with Crippen molar-refractivity contribution < 1.29 is 57.6 Å². The fourth-order valence-electron chi connectivity index (χ4n) is 8.29. The Morgan fingerprint density at radius 1 is 0.980 bits per heavy atom. The van der Waals surface area contributed by atoms with Crippen molar-refractivity contribution in [1.29, 1.82) is 0 Å². The number of ketones is 3. The first-order valence-corrected chi connectivity index (χ1v) is 15.9. The van der Waals surface area contributed by atoms with E-state index >= 15 is 0 Å². The number of aromatic hydroxyl groups is 1. The Morgan fingerprint density at radius 2 is 1.62 bits per heavy atom. The van der Waals surface area contributed by atoms with Crippen LogP contribution in [0.3, 0.4) is 0 Å². The number of likely N-dealkylation sites (N-methyl/N-ethyl adjacent to an activating group) is 1. The van der Waals surface area contributed by atoms with Gasteiger partial charge in [-0.1, -0.05) is 24.6 Å². The molecule has 1 fully saturated rings. The zero-order valence-electron chi connectivity index (χ0n) is 26.9. The number of hydrogen-bond acceptors (Lipinski definition) is 10. The molecule has 0 aliphatic heterocycles. The van der Waals surface area contributed by atoms with Gasteiger partial charge < -0.3 is 31.5 Å². The minimum atomic E-state index is -5.04.